The first-order valence-corrected chi connectivity index (χ1v) is 6.71. The van der Waals surface area contributed by atoms with E-state index in [0.29, 0.717) is 6.54 Å². The van der Waals surface area contributed by atoms with Crippen LogP contribution in [0.5, 0.6) is 11.5 Å². The summed E-state index contributed by atoms with van der Waals surface area (Å²) in [6.45, 7) is 2.70. The van der Waals surface area contributed by atoms with Gasteiger partial charge in [-0.3, -0.25) is 0 Å². The minimum Gasteiger partial charge on any atom is -0.457 e. The number of benzene rings is 2. The molecule has 0 radical (unpaired) electrons. The van der Waals surface area contributed by atoms with Gasteiger partial charge in [0.05, 0.1) is 0 Å². The van der Waals surface area contributed by atoms with Crippen molar-refractivity contribution in [2.75, 3.05) is 6.54 Å². The molecule has 0 atom stereocenters. The predicted octanol–water partition coefficient (Wildman–Crippen LogP) is 4.05. The van der Waals surface area contributed by atoms with Gasteiger partial charge in [0.15, 0.2) is 0 Å². The van der Waals surface area contributed by atoms with Gasteiger partial charge in [-0.1, -0.05) is 34.1 Å². The van der Waals surface area contributed by atoms with E-state index in [0.717, 1.165) is 22.4 Å². The summed E-state index contributed by atoms with van der Waals surface area (Å²) in [6, 6.07) is 14.0. The quantitative estimate of drug-likeness (QED) is 0.925. The highest BCUT2D eigenvalue weighted by molar-refractivity contribution is 9.10. The van der Waals surface area contributed by atoms with Crippen molar-refractivity contribution >= 4 is 15.9 Å². The van der Waals surface area contributed by atoms with Crippen molar-refractivity contribution < 1.29 is 4.74 Å². The lowest BCUT2D eigenvalue weighted by Gasteiger charge is -2.09. The normalized spacial score (nSPS) is 10.4. The average Bonchev–Trinajstić information content (AvgIpc) is 2.33. The van der Waals surface area contributed by atoms with Gasteiger partial charge >= 0.3 is 0 Å². The summed E-state index contributed by atoms with van der Waals surface area (Å²) in [5.74, 6) is 1.68. The number of ether oxygens (including phenoxy) is 1. The minimum absolute atomic E-state index is 0.649. The molecule has 0 saturated carbocycles. The summed E-state index contributed by atoms with van der Waals surface area (Å²) in [7, 11) is 0. The highest BCUT2D eigenvalue weighted by Gasteiger charge is 2.03. The topological polar surface area (TPSA) is 35.2 Å². The monoisotopic (exact) mass is 305 g/mol. The van der Waals surface area contributed by atoms with Crippen LogP contribution in [0.15, 0.2) is 46.9 Å². The molecule has 2 rings (SSSR count). The molecular formula is C15H16BrNO. The van der Waals surface area contributed by atoms with Gasteiger partial charge in [0.1, 0.15) is 11.5 Å². The van der Waals surface area contributed by atoms with Crippen LogP contribution in [0, 0.1) is 6.92 Å². The van der Waals surface area contributed by atoms with E-state index >= 15 is 0 Å². The second-order valence-electron chi connectivity index (χ2n) is 4.21. The van der Waals surface area contributed by atoms with Crippen LogP contribution in [0.2, 0.25) is 0 Å². The second kappa shape index (κ2) is 6.03. The van der Waals surface area contributed by atoms with Crippen LogP contribution >= 0.6 is 15.9 Å². The van der Waals surface area contributed by atoms with Crippen LogP contribution in [0.4, 0.5) is 0 Å². The number of hydrogen-bond acceptors (Lipinski definition) is 2. The highest BCUT2D eigenvalue weighted by atomic mass is 79.9. The van der Waals surface area contributed by atoms with Gasteiger partial charge in [0, 0.05) is 4.47 Å². The third-order valence-corrected chi connectivity index (χ3v) is 3.40. The first kappa shape index (κ1) is 13.1. The molecule has 2 aromatic rings. The zero-order chi connectivity index (χ0) is 13.0. The Morgan fingerprint density at radius 1 is 1.11 bits per heavy atom. The summed E-state index contributed by atoms with van der Waals surface area (Å²) in [5.41, 5.74) is 7.94. The lowest BCUT2D eigenvalue weighted by Crippen LogP contribution is -2.03. The largest absolute Gasteiger partial charge is 0.457 e. The molecule has 3 heteroatoms. The van der Waals surface area contributed by atoms with Crippen LogP contribution in [0.3, 0.4) is 0 Å². The van der Waals surface area contributed by atoms with E-state index in [1.807, 2.05) is 49.4 Å². The zero-order valence-corrected chi connectivity index (χ0v) is 11.9. The number of hydrogen-bond donors (Lipinski definition) is 1. The Kier molecular flexibility index (Phi) is 4.39. The summed E-state index contributed by atoms with van der Waals surface area (Å²) in [4.78, 5) is 0. The van der Waals surface area contributed by atoms with Gasteiger partial charge in [0.25, 0.3) is 0 Å². The first-order valence-electron chi connectivity index (χ1n) is 5.92. The number of rotatable bonds is 4. The lowest BCUT2D eigenvalue weighted by atomic mass is 10.1. The second-order valence-corrected chi connectivity index (χ2v) is 5.06. The molecule has 0 amide bonds. The van der Waals surface area contributed by atoms with Crippen molar-refractivity contribution in [3.8, 4) is 11.5 Å². The van der Waals surface area contributed by atoms with Gasteiger partial charge in [0.2, 0.25) is 0 Å². The molecule has 0 aromatic heterocycles. The van der Waals surface area contributed by atoms with Gasteiger partial charge in [-0.2, -0.15) is 0 Å². The molecule has 18 heavy (non-hydrogen) atoms. The number of aryl methyl sites for hydroxylation is 1. The molecule has 0 saturated heterocycles. The molecular weight excluding hydrogens is 290 g/mol. The fraction of sp³-hybridized carbons (Fsp3) is 0.200. The van der Waals surface area contributed by atoms with E-state index in [1.165, 1.54) is 11.1 Å². The molecule has 2 N–H and O–H groups in total. The fourth-order valence-corrected chi connectivity index (χ4v) is 2.32. The van der Waals surface area contributed by atoms with E-state index in [4.69, 9.17) is 10.5 Å². The van der Waals surface area contributed by atoms with Gasteiger partial charge in [-0.05, 0) is 55.3 Å². The van der Waals surface area contributed by atoms with E-state index in [2.05, 4.69) is 15.9 Å². The summed E-state index contributed by atoms with van der Waals surface area (Å²) < 4.78 is 6.85. The van der Waals surface area contributed by atoms with Gasteiger partial charge < -0.3 is 10.5 Å². The smallest absolute Gasteiger partial charge is 0.128 e. The molecule has 0 unspecified atom stereocenters. The van der Waals surface area contributed by atoms with Crippen LogP contribution < -0.4 is 10.5 Å². The van der Waals surface area contributed by atoms with E-state index < -0.39 is 0 Å². The first-order chi connectivity index (χ1) is 8.69. The predicted molar refractivity (Wildman–Crippen MR) is 78.2 cm³/mol. The molecule has 0 fully saturated rings. The summed E-state index contributed by atoms with van der Waals surface area (Å²) in [6.07, 6.45) is 0.866. The maximum Gasteiger partial charge on any atom is 0.128 e. The Balaban J connectivity index is 2.17. The molecule has 0 heterocycles. The lowest BCUT2D eigenvalue weighted by molar-refractivity contribution is 0.481. The summed E-state index contributed by atoms with van der Waals surface area (Å²) >= 11 is 3.54. The van der Waals surface area contributed by atoms with Crippen molar-refractivity contribution in [3.63, 3.8) is 0 Å². The molecule has 2 nitrogen and oxygen atoms in total. The Morgan fingerprint density at radius 3 is 2.56 bits per heavy atom. The number of halogens is 1. The van der Waals surface area contributed by atoms with Crippen LogP contribution in [-0.2, 0) is 6.42 Å². The van der Waals surface area contributed by atoms with E-state index in [1.54, 1.807) is 0 Å². The fourth-order valence-electron chi connectivity index (χ4n) is 1.76. The Bertz CT molecular complexity index is 540. The molecule has 0 aliphatic heterocycles. The van der Waals surface area contributed by atoms with Gasteiger partial charge in [-0.25, -0.2) is 0 Å². The maximum absolute atomic E-state index is 5.81. The van der Waals surface area contributed by atoms with Crippen LogP contribution in [0.25, 0.3) is 0 Å². The highest BCUT2D eigenvalue weighted by Crippen LogP contribution is 2.27. The Hall–Kier alpha value is -1.32. The molecule has 94 valence electrons. The van der Waals surface area contributed by atoms with Gasteiger partial charge in [-0.15, -0.1) is 0 Å². The Labute approximate surface area is 116 Å². The number of nitrogens with two attached hydrogens (primary N) is 1. The third-order valence-electron chi connectivity index (χ3n) is 2.66. The molecule has 0 aliphatic rings. The third kappa shape index (κ3) is 3.34. The molecule has 2 aromatic carbocycles. The molecule has 0 spiro atoms. The van der Waals surface area contributed by atoms with Crippen molar-refractivity contribution in [3.05, 3.63) is 58.1 Å². The van der Waals surface area contributed by atoms with E-state index in [-0.39, 0.29) is 0 Å². The average molecular weight is 306 g/mol. The summed E-state index contributed by atoms with van der Waals surface area (Å²) in [5, 5.41) is 0. The minimum atomic E-state index is 0.649. The standard InChI is InChI=1S/C15H16BrNO/c1-11-3-2-4-13(9-11)18-14-6-5-12(7-8-17)15(16)10-14/h2-6,9-10H,7-8,17H2,1H3. The SMILES string of the molecule is Cc1cccc(Oc2ccc(CCN)c(Br)c2)c1. The van der Waals surface area contributed by atoms with Crippen LogP contribution in [0.1, 0.15) is 11.1 Å². The maximum atomic E-state index is 5.81. The zero-order valence-electron chi connectivity index (χ0n) is 10.3. The molecule has 0 bridgehead atoms. The van der Waals surface area contributed by atoms with Crippen molar-refractivity contribution in [2.45, 2.75) is 13.3 Å². The van der Waals surface area contributed by atoms with E-state index in [9.17, 15) is 0 Å². The Morgan fingerprint density at radius 2 is 1.89 bits per heavy atom. The van der Waals surface area contributed by atoms with Crippen molar-refractivity contribution in [1.29, 1.82) is 0 Å². The van der Waals surface area contributed by atoms with Crippen molar-refractivity contribution in [2.24, 2.45) is 5.73 Å². The van der Waals surface area contributed by atoms with Crippen LogP contribution in [-0.4, -0.2) is 6.54 Å². The van der Waals surface area contributed by atoms with Crippen molar-refractivity contribution in [1.82, 2.24) is 0 Å². The molecule has 0 aliphatic carbocycles.